The Morgan fingerprint density at radius 3 is 2.17 bits per heavy atom. The van der Waals surface area contributed by atoms with E-state index < -0.39 is 0 Å². The minimum absolute atomic E-state index is 0.730. The fraction of sp³-hybridized carbons (Fsp3) is 0.500. The standard InChI is InChI=1S/C18H24N2O3S/c1-21-16-4-2-15(3-5-16)17(14-19-6-10-22-11-7-19)18(24)20-8-12-23-13-9-20/h2-5,14H,6-13H2,1H3/b17-14-. The van der Waals surface area contributed by atoms with Crippen LogP contribution in [-0.4, -0.2) is 74.5 Å². The Kier molecular flexibility index (Phi) is 6.07. The molecule has 2 saturated heterocycles. The van der Waals surface area contributed by atoms with Gasteiger partial charge in [-0.05, 0) is 17.7 Å². The topological polar surface area (TPSA) is 34.2 Å². The smallest absolute Gasteiger partial charge is 0.118 e. The molecular formula is C18H24N2O3S. The van der Waals surface area contributed by atoms with Crippen molar-refractivity contribution in [2.24, 2.45) is 0 Å². The predicted octanol–water partition coefficient (Wildman–Crippen LogP) is 2.03. The van der Waals surface area contributed by atoms with Crippen LogP contribution >= 0.6 is 12.2 Å². The molecule has 0 amide bonds. The van der Waals surface area contributed by atoms with Crippen molar-refractivity contribution in [1.29, 1.82) is 0 Å². The van der Waals surface area contributed by atoms with E-state index in [9.17, 15) is 0 Å². The average Bonchev–Trinajstić information content (AvgIpc) is 2.67. The van der Waals surface area contributed by atoms with E-state index in [4.69, 9.17) is 26.4 Å². The molecule has 24 heavy (non-hydrogen) atoms. The van der Waals surface area contributed by atoms with Crippen LogP contribution in [0.4, 0.5) is 0 Å². The van der Waals surface area contributed by atoms with Gasteiger partial charge in [-0.1, -0.05) is 24.4 Å². The van der Waals surface area contributed by atoms with E-state index >= 15 is 0 Å². The fourth-order valence-electron chi connectivity index (χ4n) is 2.85. The van der Waals surface area contributed by atoms with Crippen LogP contribution < -0.4 is 4.74 Å². The maximum absolute atomic E-state index is 5.82. The van der Waals surface area contributed by atoms with E-state index in [1.807, 2.05) is 12.1 Å². The lowest BCUT2D eigenvalue weighted by Crippen LogP contribution is -2.41. The molecule has 3 rings (SSSR count). The summed E-state index contributed by atoms with van der Waals surface area (Å²) in [5.74, 6) is 0.849. The summed E-state index contributed by atoms with van der Waals surface area (Å²) in [5.41, 5.74) is 2.19. The van der Waals surface area contributed by atoms with Gasteiger partial charge in [-0.15, -0.1) is 0 Å². The van der Waals surface area contributed by atoms with Crippen molar-refractivity contribution in [2.75, 3.05) is 59.7 Å². The van der Waals surface area contributed by atoms with Gasteiger partial charge in [0.1, 0.15) is 10.7 Å². The second-order valence-corrected chi connectivity index (χ2v) is 6.21. The summed E-state index contributed by atoms with van der Waals surface area (Å²) in [7, 11) is 1.68. The van der Waals surface area contributed by atoms with Crippen molar-refractivity contribution >= 4 is 22.8 Å². The molecule has 0 aromatic heterocycles. The summed E-state index contributed by atoms with van der Waals surface area (Å²) in [6.45, 7) is 6.45. The summed E-state index contributed by atoms with van der Waals surface area (Å²) in [4.78, 5) is 5.40. The molecule has 2 aliphatic rings. The highest BCUT2D eigenvalue weighted by atomic mass is 32.1. The zero-order chi connectivity index (χ0) is 16.8. The maximum atomic E-state index is 5.82. The molecule has 0 spiro atoms. The van der Waals surface area contributed by atoms with Crippen LogP contribution in [0.2, 0.25) is 0 Å². The Morgan fingerprint density at radius 1 is 1.00 bits per heavy atom. The molecule has 2 aliphatic heterocycles. The number of hydrogen-bond acceptors (Lipinski definition) is 5. The first-order chi connectivity index (χ1) is 11.8. The molecular weight excluding hydrogens is 324 g/mol. The third kappa shape index (κ3) is 4.26. The molecule has 0 saturated carbocycles. The predicted molar refractivity (Wildman–Crippen MR) is 98.4 cm³/mol. The Morgan fingerprint density at radius 2 is 1.58 bits per heavy atom. The highest BCUT2D eigenvalue weighted by Gasteiger charge is 2.20. The molecule has 2 fully saturated rings. The van der Waals surface area contributed by atoms with Crippen LogP contribution in [0.5, 0.6) is 5.75 Å². The molecule has 1 aromatic rings. The van der Waals surface area contributed by atoms with Crippen LogP contribution in [0.3, 0.4) is 0 Å². The lowest BCUT2D eigenvalue weighted by Gasteiger charge is -2.32. The minimum Gasteiger partial charge on any atom is -0.497 e. The van der Waals surface area contributed by atoms with Gasteiger partial charge in [0.25, 0.3) is 0 Å². The van der Waals surface area contributed by atoms with Crippen molar-refractivity contribution in [1.82, 2.24) is 9.80 Å². The number of benzene rings is 1. The minimum atomic E-state index is 0.730. The van der Waals surface area contributed by atoms with Crippen LogP contribution in [-0.2, 0) is 9.47 Å². The third-order valence-electron chi connectivity index (χ3n) is 4.29. The Bertz CT molecular complexity index is 576. The Labute approximate surface area is 148 Å². The van der Waals surface area contributed by atoms with Gasteiger partial charge in [-0.3, -0.25) is 0 Å². The van der Waals surface area contributed by atoms with Gasteiger partial charge in [0.15, 0.2) is 0 Å². The normalized spacial score (nSPS) is 19.3. The molecule has 0 aliphatic carbocycles. The molecule has 0 bridgehead atoms. The van der Waals surface area contributed by atoms with E-state index in [0.717, 1.165) is 74.5 Å². The van der Waals surface area contributed by atoms with Crippen molar-refractivity contribution in [2.45, 2.75) is 0 Å². The van der Waals surface area contributed by atoms with Gasteiger partial charge in [0, 0.05) is 38.0 Å². The van der Waals surface area contributed by atoms with E-state index in [1.54, 1.807) is 7.11 Å². The number of ether oxygens (including phenoxy) is 3. The molecule has 0 N–H and O–H groups in total. The highest BCUT2D eigenvalue weighted by molar-refractivity contribution is 7.81. The van der Waals surface area contributed by atoms with Gasteiger partial charge in [-0.25, -0.2) is 0 Å². The number of methoxy groups -OCH3 is 1. The number of thiocarbonyl (C=S) groups is 1. The van der Waals surface area contributed by atoms with Crippen molar-refractivity contribution in [3.05, 3.63) is 36.0 Å². The summed E-state index contributed by atoms with van der Waals surface area (Å²) in [5, 5.41) is 0. The van der Waals surface area contributed by atoms with Crippen LogP contribution in [0.25, 0.3) is 5.57 Å². The summed E-state index contributed by atoms with van der Waals surface area (Å²) >= 11 is 5.82. The van der Waals surface area contributed by atoms with Gasteiger partial charge in [0.2, 0.25) is 0 Å². The first kappa shape index (κ1) is 17.2. The number of morpholine rings is 2. The van der Waals surface area contributed by atoms with Crippen molar-refractivity contribution < 1.29 is 14.2 Å². The zero-order valence-corrected chi connectivity index (χ0v) is 14.9. The van der Waals surface area contributed by atoms with Gasteiger partial charge in [-0.2, -0.15) is 0 Å². The molecule has 6 heteroatoms. The molecule has 5 nitrogen and oxygen atoms in total. The first-order valence-electron chi connectivity index (χ1n) is 8.33. The van der Waals surface area contributed by atoms with Crippen molar-refractivity contribution in [3.63, 3.8) is 0 Å². The molecule has 0 unspecified atom stereocenters. The van der Waals surface area contributed by atoms with Gasteiger partial charge < -0.3 is 24.0 Å². The van der Waals surface area contributed by atoms with Gasteiger partial charge >= 0.3 is 0 Å². The second-order valence-electron chi connectivity index (χ2n) is 5.82. The third-order valence-corrected chi connectivity index (χ3v) is 4.77. The summed E-state index contributed by atoms with van der Waals surface area (Å²) in [6, 6.07) is 8.09. The largest absolute Gasteiger partial charge is 0.497 e. The summed E-state index contributed by atoms with van der Waals surface area (Å²) < 4.78 is 16.2. The molecule has 130 valence electrons. The lowest BCUT2D eigenvalue weighted by molar-refractivity contribution is 0.0595. The fourth-order valence-corrected chi connectivity index (χ4v) is 3.20. The maximum Gasteiger partial charge on any atom is 0.118 e. The zero-order valence-electron chi connectivity index (χ0n) is 14.1. The second kappa shape index (κ2) is 8.46. The van der Waals surface area contributed by atoms with E-state index in [0.29, 0.717) is 0 Å². The summed E-state index contributed by atoms with van der Waals surface area (Å²) in [6.07, 6.45) is 2.18. The van der Waals surface area contributed by atoms with E-state index in [-0.39, 0.29) is 0 Å². The molecule has 2 heterocycles. The lowest BCUT2D eigenvalue weighted by atomic mass is 10.1. The monoisotopic (exact) mass is 348 g/mol. The number of nitrogens with zero attached hydrogens (tertiary/aromatic N) is 2. The highest BCUT2D eigenvalue weighted by Crippen LogP contribution is 2.23. The average molecular weight is 348 g/mol. The first-order valence-corrected chi connectivity index (χ1v) is 8.74. The molecule has 0 atom stereocenters. The molecule has 0 radical (unpaired) electrons. The van der Waals surface area contributed by atoms with Crippen molar-refractivity contribution in [3.8, 4) is 5.75 Å². The SMILES string of the molecule is COc1ccc(/C(=C/N2CCOCC2)C(=S)N2CCOCC2)cc1. The van der Waals surface area contributed by atoms with E-state index in [2.05, 4.69) is 28.1 Å². The van der Waals surface area contributed by atoms with Crippen LogP contribution in [0, 0.1) is 0 Å². The van der Waals surface area contributed by atoms with Crippen LogP contribution in [0.1, 0.15) is 5.56 Å². The van der Waals surface area contributed by atoms with E-state index in [1.165, 1.54) is 0 Å². The van der Waals surface area contributed by atoms with Gasteiger partial charge in [0.05, 0.1) is 33.5 Å². The number of hydrogen-bond donors (Lipinski definition) is 0. The van der Waals surface area contributed by atoms with Crippen LogP contribution in [0.15, 0.2) is 30.5 Å². The molecule has 1 aromatic carbocycles. The Balaban J connectivity index is 1.86. The Hall–Kier alpha value is -1.63. The number of rotatable bonds is 4. The quantitative estimate of drug-likeness (QED) is 0.612.